The molecule has 0 unspecified atom stereocenters. The second-order valence-corrected chi connectivity index (χ2v) is 7.40. The van der Waals surface area contributed by atoms with Gasteiger partial charge in [-0.15, -0.1) is 24.0 Å². The van der Waals surface area contributed by atoms with E-state index < -0.39 is 0 Å². The first kappa shape index (κ1) is 24.1. The zero-order chi connectivity index (χ0) is 20.7. The number of nitrogens with zero attached hydrogens (tertiary/aromatic N) is 1. The molecule has 0 saturated heterocycles. The van der Waals surface area contributed by atoms with E-state index >= 15 is 0 Å². The van der Waals surface area contributed by atoms with Gasteiger partial charge in [0.05, 0.1) is 6.54 Å². The van der Waals surface area contributed by atoms with Gasteiger partial charge in [-0.3, -0.25) is 4.79 Å². The summed E-state index contributed by atoms with van der Waals surface area (Å²) in [7, 11) is 0. The Morgan fingerprint density at radius 3 is 2.43 bits per heavy atom. The number of guanidine groups is 1. The maximum Gasteiger partial charge on any atom is 0.251 e. The van der Waals surface area contributed by atoms with Crippen LogP contribution in [0.4, 0.5) is 4.39 Å². The predicted octanol–water partition coefficient (Wildman–Crippen LogP) is 3.98. The quantitative estimate of drug-likeness (QED) is 0.278. The zero-order valence-electron chi connectivity index (χ0n) is 17.5. The number of hydrogen-bond acceptors (Lipinski definition) is 2. The van der Waals surface area contributed by atoms with E-state index in [1.807, 2.05) is 38.1 Å². The lowest BCUT2D eigenvalue weighted by atomic mass is 9.96. The van der Waals surface area contributed by atoms with Gasteiger partial charge in [-0.25, -0.2) is 9.38 Å². The van der Waals surface area contributed by atoms with E-state index in [-0.39, 0.29) is 41.1 Å². The highest BCUT2D eigenvalue weighted by molar-refractivity contribution is 14.0. The Hall–Kier alpha value is -2.16. The van der Waals surface area contributed by atoms with Gasteiger partial charge in [0.25, 0.3) is 5.91 Å². The van der Waals surface area contributed by atoms with Crippen molar-refractivity contribution in [2.75, 3.05) is 19.6 Å². The number of carbonyl (C=O) groups excluding carboxylic acids is 1. The van der Waals surface area contributed by atoms with Crippen molar-refractivity contribution in [1.29, 1.82) is 0 Å². The minimum atomic E-state index is -0.193. The molecule has 0 spiro atoms. The van der Waals surface area contributed by atoms with Gasteiger partial charge in [0, 0.05) is 30.6 Å². The SMILES string of the molecule is CCNC(=O)c1cccc(CN=C(NCC)NCC2(c3cccc(F)c3)CC2)c1.I. The van der Waals surface area contributed by atoms with Crippen molar-refractivity contribution in [2.45, 2.75) is 38.6 Å². The summed E-state index contributed by atoms with van der Waals surface area (Å²) in [6.07, 6.45) is 2.08. The number of rotatable bonds is 8. The molecule has 3 N–H and O–H groups in total. The molecule has 0 atom stereocenters. The Labute approximate surface area is 195 Å². The third kappa shape index (κ3) is 6.42. The summed E-state index contributed by atoms with van der Waals surface area (Å²) in [5.74, 6) is 0.453. The first-order chi connectivity index (χ1) is 14.1. The summed E-state index contributed by atoms with van der Waals surface area (Å²) >= 11 is 0. The molecule has 1 amide bonds. The smallest absolute Gasteiger partial charge is 0.251 e. The Morgan fingerprint density at radius 1 is 1.03 bits per heavy atom. The average molecular weight is 524 g/mol. The molecular formula is C23H30FIN4O. The number of halogens is 2. The van der Waals surface area contributed by atoms with Crippen LogP contribution in [-0.2, 0) is 12.0 Å². The van der Waals surface area contributed by atoms with Crippen LogP contribution < -0.4 is 16.0 Å². The third-order valence-corrected chi connectivity index (χ3v) is 5.18. The topological polar surface area (TPSA) is 65.5 Å². The Balaban J connectivity index is 0.00000320. The van der Waals surface area contributed by atoms with Gasteiger partial charge < -0.3 is 16.0 Å². The number of benzene rings is 2. The molecule has 0 heterocycles. The van der Waals surface area contributed by atoms with Crippen molar-refractivity contribution in [2.24, 2.45) is 4.99 Å². The summed E-state index contributed by atoms with van der Waals surface area (Å²) < 4.78 is 13.6. The van der Waals surface area contributed by atoms with E-state index in [2.05, 4.69) is 20.9 Å². The fourth-order valence-electron chi connectivity index (χ4n) is 3.38. The molecule has 1 saturated carbocycles. The summed E-state index contributed by atoms with van der Waals surface area (Å²) in [6, 6.07) is 14.4. The first-order valence-electron chi connectivity index (χ1n) is 10.2. The molecule has 162 valence electrons. The van der Waals surface area contributed by atoms with E-state index in [1.165, 1.54) is 6.07 Å². The molecule has 1 fully saturated rings. The van der Waals surface area contributed by atoms with Crippen LogP contribution in [-0.4, -0.2) is 31.5 Å². The maximum absolute atomic E-state index is 13.6. The Morgan fingerprint density at radius 2 is 1.77 bits per heavy atom. The molecule has 1 aliphatic rings. The van der Waals surface area contributed by atoms with Crippen LogP contribution in [0.2, 0.25) is 0 Å². The summed E-state index contributed by atoms with van der Waals surface area (Å²) in [5.41, 5.74) is 2.63. The Bertz CT molecular complexity index is 883. The second kappa shape index (κ2) is 11.3. The number of carbonyl (C=O) groups is 1. The Kier molecular flexibility index (Phi) is 9.08. The standard InChI is InChI=1S/C23H29FN4O.HI/c1-3-25-21(29)18-8-5-7-17(13-18)15-27-22(26-4-2)28-16-23(11-12-23)19-9-6-10-20(24)14-19;/h5-10,13-14H,3-4,11-12,15-16H2,1-2H3,(H,25,29)(H2,26,27,28);1H. The first-order valence-corrected chi connectivity index (χ1v) is 10.2. The van der Waals surface area contributed by atoms with Gasteiger partial charge in [0.1, 0.15) is 5.82 Å². The lowest BCUT2D eigenvalue weighted by molar-refractivity contribution is 0.0955. The highest BCUT2D eigenvalue weighted by Gasteiger charge is 2.44. The van der Waals surface area contributed by atoms with E-state index in [0.717, 1.165) is 36.5 Å². The third-order valence-electron chi connectivity index (χ3n) is 5.18. The molecule has 0 aromatic heterocycles. The van der Waals surface area contributed by atoms with Crippen molar-refractivity contribution in [3.05, 3.63) is 71.0 Å². The molecule has 1 aliphatic carbocycles. The van der Waals surface area contributed by atoms with Gasteiger partial charge in [-0.2, -0.15) is 0 Å². The fraction of sp³-hybridized carbons (Fsp3) is 0.391. The molecule has 7 heteroatoms. The molecule has 5 nitrogen and oxygen atoms in total. The van der Waals surface area contributed by atoms with Crippen LogP contribution in [0.5, 0.6) is 0 Å². The lowest BCUT2D eigenvalue weighted by Gasteiger charge is -2.19. The molecule has 0 radical (unpaired) electrons. The van der Waals surface area contributed by atoms with Gasteiger partial charge in [-0.05, 0) is 62.1 Å². The molecular weight excluding hydrogens is 494 g/mol. The minimum Gasteiger partial charge on any atom is -0.357 e. The molecule has 2 aromatic rings. The number of aliphatic imine (C=N–C) groups is 1. The van der Waals surface area contributed by atoms with Crippen LogP contribution in [0.25, 0.3) is 0 Å². The molecule has 3 rings (SSSR count). The predicted molar refractivity (Wildman–Crippen MR) is 130 cm³/mol. The van der Waals surface area contributed by atoms with Gasteiger partial charge in [0.15, 0.2) is 5.96 Å². The van der Waals surface area contributed by atoms with Crippen LogP contribution in [0.1, 0.15) is 48.2 Å². The van der Waals surface area contributed by atoms with E-state index in [1.54, 1.807) is 18.2 Å². The van der Waals surface area contributed by atoms with Crippen molar-refractivity contribution in [1.82, 2.24) is 16.0 Å². The number of amides is 1. The van der Waals surface area contributed by atoms with E-state index in [4.69, 9.17) is 0 Å². The summed E-state index contributed by atoms with van der Waals surface area (Å²) in [6.45, 7) is 6.44. The molecule has 2 aromatic carbocycles. The maximum atomic E-state index is 13.6. The fourth-order valence-corrected chi connectivity index (χ4v) is 3.38. The van der Waals surface area contributed by atoms with Gasteiger partial charge in [-0.1, -0.05) is 24.3 Å². The molecule has 0 aliphatic heterocycles. The molecule has 0 bridgehead atoms. The van der Waals surface area contributed by atoms with Crippen LogP contribution in [0.3, 0.4) is 0 Å². The number of nitrogens with one attached hydrogen (secondary N) is 3. The van der Waals surface area contributed by atoms with Crippen molar-refractivity contribution < 1.29 is 9.18 Å². The average Bonchev–Trinajstić information content (AvgIpc) is 3.52. The van der Waals surface area contributed by atoms with Gasteiger partial charge >= 0.3 is 0 Å². The zero-order valence-corrected chi connectivity index (χ0v) is 19.8. The van der Waals surface area contributed by atoms with Gasteiger partial charge in [0.2, 0.25) is 0 Å². The molecule has 30 heavy (non-hydrogen) atoms. The normalized spacial score (nSPS) is 14.4. The highest BCUT2D eigenvalue weighted by atomic mass is 127. The number of hydrogen-bond donors (Lipinski definition) is 3. The van der Waals surface area contributed by atoms with Crippen LogP contribution in [0.15, 0.2) is 53.5 Å². The monoisotopic (exact) mass is 524 g/mol. The summed E-state index contributed by atoms with van der Waals surface area (Å²) in [4.78, 5) is 16.7. The van der Waals surface area contributed by atoms with Crippen molar-refractivity contribution in [3.63, 3.8) is 0 Å². The van der Waals surface area contributed by atoms with Crippen LogP contribution >= 0.6 is 24.0 Å². The second-order valence-electron chi connectivity index (χ2n) is 7.40. The van der Waals surface area contributed by atoms with Crippen LogP contribution in [0, 0.1) is 5.82 Å². The highest BCUT2D eigenvalue weighted by Crippen LogP contribution is 2.47. The minimum absolute atomic E-state index is 0. The lowest BCUT2D eigenvalue weighted by Crippen LogP contribution is -2.41. The van der Waals surface area contributed by atoms with Crippen molar-refractivity contribution >= 4 is 35.8 Å². The largest absolute Gasteiger partial charge is 0.357 e. The van der Waals surface area contributed by atoms with Crippen molar-refractivity contribution in [3.8, 4) is 0 Å². The summed E-state index contributed by atoms with van der Waals surface area (Å²) in [5, 5.41) is 9.48. The van der Waals surface area contributed by atoms with E-state index in [9.17, 15) is 9.18 Å². The van der Waals surface area contributed by atoms with E-state index in [0.29, 0.717) is 25.2 Å².